The van der Waals surface area contributed by atoms with E-state index in [1.807, 2.05) is 13.1 Å². The number of phenols is 1. The standard InChI is InChI=1S/C15H16N2O3/c1-3-17-10-11(9-16-17)4-6-13(18)12-5-7-14(19)15(8-12)20-2/h4-10,19H,3H2,1-2H3/b6-4+. The fourth-order valence-electron chi connectivity index (χ4n) is 1.74. The van der Waals surface area contributed by atoms with Crippen LogP contribution in [0.25, 0.3) is 6.08 Å². The smallest absolute Gasteiger partial charge is 0.185 e. The number of methoxy groups -OCH3 is 1. The lowest BCUT2D eigenvalue weighted by Gasteiger charge is -2.04. The highest BCUT2D eigenvalue weighted by molar-refractivity contribution is 6.07. The summed E-state index contributed by atoms with van der Waals surface area (Å²) in [5.74, 6) is 0.132. The van der Waals surface area contributed by atoms with Crippen LogP contribution in [0.1, 0.15) is 22.8 Å². The first-order valence-electron chi connectivity index (χ1n) is 6.26. The van der Waals surface area contributed by atoms with Gasteiger partial charge in [0.2, 0.25) is 0 Å². The molecule has 1 aromatic carbocycles. The Balaban J connectivity index is 2.15. The number of carbonyl (C=O) groups is 1. The fraction of sp³-hybridized carbons (Fsp3) is 0.200. The molecule has 0 aliphatic heterocycles. The van der Waals surface area contributed by atoms with Gasteiger partial charge in [-0.1, -0.05) is 0 Å². The van der Waals surface area contributed by atoms with E-state index in [2.05, 4.69) is 5.10 Å². The second kappa shape index (κ2) is 6.06. The average Bonchev–Trinajstić information content (AvgIpc) is 2.93. The Bertz CT molecular complexity index is 644. The number of aryl methyl sites for hydroxylation is 1. The van der Waals surface area contributed by atoms with Crippen LogP contribution in [0.4, 0.5) is 0 Å². The summed E-state index contributed by atoms with van der Waals surface area (Å²) in [5.41, 5.74) is 1.32. The van der Waals surface area contributed by atoms with Crippen molar-refractivity contribution in [3.05, 3.63) is 47.8 Å². The molecule has 0 bridgehead atoms. The van der Waals surface area contributed by atoms with Crippen molar-refractivity contribution in [3.8, 4) is 11.5 Å². The number of rotatable bonds is 5. The summed E-state index contributed by atoms with van der Waals surface area (Å²) >= 11 is 0. The van der Waals surface area contributed by atoms with Gasteiger partial charge in [-0.15, -0.1) is 0 Å². The van der Waals surface area contributed by atoms with E-state index in [0.717, 1.165) is 12.1 Å². The van der Waals surface area contributed by atoms with E-state index in [1.54, 1.807) is 23.0 Å². The lowest BCUT2D eigenvalue weighted by atomic mass is 10.1. The third-order valence-corrected chi connectivity index (χ3v) is 2.87. The van der Waals surface area contributed by atoms with Gasteiger partial charge >= 0.3 is 0 Å². The highest BCUT2D eigenvalue weighted by atomic mass is 16.5. The zero-order valence-electron chi connectivity index (χ0n) is 11.4. The summed E-state index contributed by atoms with van der Waals surface area (Å²) in [6.45, 7) is 2.78. The summed E-state index contributed by atoms with van der Waals surface area (Å²) in [7, 11) is 1.44. The maximum atomic E-state index is 12.0. The lowest BCUT2D eigenvalue weighted by Crippen LogP contribution is -1.95. The molecule has 0 atom stereocenters. The second-order valence-corrected chi connectivity index (χ2v) is 4.21. The van der Waals surface area contributed by atoms with Crippen molar-refractivity contribution in [1.82, 2.24) is 9.78 Å². The van der Waals surface area contributed by atoms with Gasteiger partial charge in [0.05, 0.1) is 13.3 Å². The Morgan fingerprint density at radius 2 is 2.30 bits per heavy atom. The number of aromatic nitrogens is 2. The van der Waals surface area contributed by atoms with E-state index in [4.69, 9.17) is 4.74 Å². The Kier molecular flexibility index (Phi) is 4.20. The molecule has 0 aliphatic rings. The summed E-state index contributed by atoms with van der Waals surface area (Å²) in [4.78, 5) is 12.0. The predicted octanol–water partition coefficient (Wildman–Crippen LogP) is 2.51. The zero-order valence-corrected chi connectivity index (χ0v) is 11.4. The van der Waals surface area contributed by atoms with Gasteiger partial charge in [0.25, 0.3) is 0 Å². The van der Waals surface area contributed by atoms with Crippen LogP contribution in [-0.2, 0) is 6.54 Å². The van der Waals surface area contributed by atoms with Gasteiger partial charge in [-0.2, -0.15) is 5.10 Å². The third-order valence-electron chi connectivity index (χ3n) is 2.87. The minimum absolute atomic E-state index is 0.0113. The third kappa shape index (κ3) is 3.06. The molecule has 1 N–H and O–H groups in total. The van der Waals surface area contributed by atoms with E-state index >= 15 is 0 Å². The Labute approximate surface area is 117 Å². The molecule has 0 saturated carbocycles. The van der Waals surface area contributed by atoms with Crippen LogP contribution in [-0.4, -0.2) is 27.8 Å². The van der Waals surface area contributed by atoms with Gasteiger partial charge < -0.3 is 9.84 Å². The highest BCUT2D eigenvalue weighted by Gasteiger charge is 2.07. The summed E-state index contributed by atoms with van der Waals surface area (Å²) < 4.78 is 6.76. The van der Waals surface area contributed by atoms with Crippen LogP contribution in [0.2, 0.25) is 0 Å². The number of carbonyl (C=O) groups excluding carboxylic acids is 1. The van der Waals surface area contributed by atoms with E-state index in [1.165, 1.54) is 25.3 Å². The van der Waals surface area contributed by atoms with Crippen LogP contribution in [0.3, 0.4) is 0 Å². The van der Waals surface area contributed by atoms with Crippen molar-refractivity contribution in [1.29, 1.82) is 0 Å². The van der Waals surface area contributed by atoms with E-state index in [9.17, 15) is 9.90 Å². The quantitative estimate of drug-likeness (QED) is 0.671. The van der Waals surface area contributed by atoms with E-state index in [0.29, 0.717) is 5.56 Å². The number of allylic oxidation sites excluding steroid dienone is 1. The van der Waals surface area contributed by atoms with Crippen molar-refractivity contribution in [2.24, 2.45) is 0 Å². The molecule has 1 heterocycles. The molecule has 2 aromatic rings. The number of phenolic OH excluding ortho intramolecular Hbond substituents is 1. The number of ketones is 1. The highest BCUT2D eigenvalue weighted by Crippen LogP contribution is 2.26. The largest absolute Gasteiger partial charge is 0.504 e. The van der Waals surface area contributed by atoms with Gasteiger partial charge in [0.15, 0.2) is 17.3 Å². The minimum Gasteiger partial charge on any atom is -0.504 e. The van der Waals surface area contributed by atoms with Crippen LogP contribution in [0, 0.1) is 0 Å². The molecule has 0 radical (unpaired) electrons. The van der Waals surface area contributed by atoms with E-state index < -0.39 is 0 Å². The molecular weight excluding hydrogens is 256 g/mol. The first-order chi connectivity index (χ1) is 9.63. The minimum atomic E-state index is -0.160. The number of ether oxygens (including phenoxy) is 1. The summed E-state index contributed by atoms with van der Waals surface area (Å²) in [6.07, 6.45) is 6.75. The topological polar surface area (TPSA) is 64.4 Å². The molecule has 0 saturated heterocycles. The Morgan fingerprint density at radius 3 is 2.95 bits per heavy atom. The molecular formula is C15H16N2O3. The van der Waals surface area contributed by atoms with Gasteiger partial charge in [0, 0.05) is 23.9 Å². The molecule has 0 fully saturated rings. The molecule has 5 nitrogen and oxygen atoms in total. The molecule has 104 valence electrons. The van der Waals surface area contributed by atoms with E-state index in [-0.39, 0.29) is 17.3 Å². The molecule has 20 heavy (non-hydrogen) atoms. The molecule has 2 rings (SSSR count). The van der Waals surface area contributed by atoms with Crippen LogP contribution in [0.15, 0.2) is 36.7 Å². The van der Waals surface area contributed by atoms with Gasteiger partial charge in [-0.05, 0) is 37.3 Å². The van der Waals surface area contributed by atoms with Crippen molar-refractivity contribution in [2.75, 3.05) is 7.11 Å². The SMILES string of the molecule is CCn1cc(/C=C/C(=O)c2ccc(O)c(OC)c2)cn1. The predicted molar refractivity (Wildman–Crippen MR) is 75.9 cm³/mol. The molecule has 0 spiro atoms. The normalized spacial score (nSPS) is 10.9. The Hall–Kier alpha value is -2.56. The fourth-order valence-corrected chi connectivity index (χ4v) is 1.74. The monoisotopic (exact) mass is 272 g/mol. The van der Waals surface area contributed by atoms with Crippen LogP contribution in [0.5, 0.6) is 11.5 Å². The number of benzene rings is 1. The van der Waals surface area contributed by atoms with Crippen molar-refractivity contribution >= 4 is 11.9 Å². The van der Waals surface area contributed by atoms with Crippen molar-refractivity contribution in [3.63, 3.8) is 0 Å². The second-order valence-electron chi connectivity index (χ2n) is 4.21. The summed E-state index contributed by atoms with van der Waals surface area (Å²) in [5, 5.41) is 13.6. The lowest BCUT2D eigenvalue weighted by molar-refractivity contribution is 0.104. The van der Waals surface area contributed by atoms with Crippen molar-refractivity contribution < 1.29 is 14.6 Å². The first-order valence-corrected chi connectivity index (χ1v) is 6.26. The van der Waals surface area contributed by atoms with Crippen molar-refractivity contribution in [2.45, 2.75) is 13.5 Å². The maximum absolute atomic E-state index is 12.0. The molecule has 0 amide bonds. The van der Waals surface area contributed by atoms with Crippen LogP contribution >= 0.6 is 0 Å². The Morgan fingerprint density at radius 1 is 1.50 bits per heavy atom. The molecule has 0 aliphatic carbocycles. The first kappa shape index (κ1) is 13.9. The maximum Gasteiger partial charge on any atom is 0.185 e. The van der Waals surface area contributed by atoms with Gasteiger partial charge in [-0.25, -0.2) is 0 Å². The summed E-state index contributed by atoms with van der Waals surface area (Å²) in [6, 6.07) is 4.51. The number of aromatic hydroxyl groups is 1. The molecule has 0 unspecified atom stereocenters. The van der Waals surface area contributed by atoms with Gasteiger partial charge in [0.1, 0.15) is 0 Å². The van der Waals surface area contributed by atoms with Crippen LogP contribution < -0.4 is 4.74 Å². The van der Waals surface area contributed by atoms with Gasteiger partial charge in [-0.3, -0.25) is 9.48 Å². The number of hydrogen-bond donors (Lipinski definition) is 1. The molecule has 5 heteroatoms. The number of hydrogen-bond acceptors (Lipinski definition) is 4. The molecule has 1 aromatic heterocycles. The average molecular weight is 272 g/mol. The zero-order chi connectivity index (χ0) is 14.5. The number of nitrogens with zero attached hydrogens (tertiary/aromatic N) is 2.